The minimum atomic E-state index is 0.361. The minimum absolute atomic E-state index is 0.361. The molecule has 2 aromatic rings. The first-order valence-electron chi connectivity index (χ1n) is 5.90. The average Bonchev–Trinajstić information content (AvgIpc) is 2.89. The van der Waals surface area contributed by atoms with Gasteiger partial charge in [-0.05, 0) is 67.9 Å². The molecule has 0 saturated heterocycles. The number of thiophene rings is 1. The number of halogens is 2. The highest BCUT2D eigenvalue weighted by Crippen LogP contribution is 2.34. The van der Waals surface area contributed by atoms with Gasteiger partial charge in [0, 0.05) is 17.5 Å². The van der Waals surface area contributed by atoms with Gasteiger partial charge < -0.3 is 10.1 Å². The maximum absolute atomic E-state index is 5.30. The summed E-state index contributed by atoms with van der Waals surface area (Å²) in [6.07, 6.45) is 0. The first-order chi connectivity index (χ1) is 9.11. The number of methoxy groups -OCH3 is 1. The van der Waals surface area contributed by atoms with E-state index in [1.807, 2.05) is 0 Å². The van der Waals surface area contributed by atoms with Crippen LogP contribution in [0.3, 0.4) is 0 Å². The van der Waals surface area contributed by atoms with E-state index in [1.54, 1.807) is 18.4 Å². The topological polar surface area (TPSA) is 21.3 Å². The minimum Gasteiger partial charge on any atom is -0.494 e. The van der Waals surface area contributed by atoms with Crippen molar-refractivity contribution in [3.63, 3.8) is 0 Å². The van der Waals surface area contributed by atoms with Crippen LogP contribution < -0.4 is 10.1 Å². The van der Waals surface area contributed by atoms with E-state index in [4.69, 9.17) is 4.74 Å². The highest BCUT2D eigenvalue weighted by molar-refractivity contribution is 9.11. The molecule has 5 heteroatoms. The van der Waals surface area contributed by atoms with Gasteiger partial charge in [0.1, 0.15) is 5.75 Å². The molecular weight excluding hydrogens is 390 g/mol. The summed E-state index contributed by atoms with van der Waals surface area (Å²) in [4.78, 5) is 1.35. The quantitative estimate of drug-likeness (QED) is 0.745. The number of rotatable bonds is 5. The highest BCUT2D eigenvalue weighted by Gasteiger charge is 2.09. The fourth-order valence-electron chi connectivity index (χ4n) is 1.82. The SMILES string of the molecule is COc1c(Br)cc(CN[C@H](C)c2cccs2)cc1Br. The molecule has 0 unspecified atom stereocenters. The summed E-state index contributed by atoms with van der Waals surface area (Å²) in [7, 11) is 1.67. The van der Waals surface area contributed by atoms with E-state index in [0.29, 0.717) is 6.04 Å². The third-order valence-electron chi connectivity index (χ3n) is 2.84. The van der Waals surface area contributed by atoms with Crippen molar-refractivity contribution in [3.8, 4) is 5.75 Å². The number of hydrogen-bond acceptors (Lipinski definition) is 3. The van der Waals surface area contributed by atoms with Crippen LogP contribution in [-0.4, -0.2) is 7.11 Å². The van der Waals surface area contributed by atoms with Crippen molar-refractivity contribution in [2.24, 2.45) is 0 Å². The largest absolute Gasteiger partial charge is 0.494 e. The van der Waals surface area contributed by atoms with Crippen LogP contribution in [0.4, 0.5) is 0 Å². The van der Waals surface area contributed by atoms with E-state index in [1.165, 1.54) is 10.4 Å². The normalized spacial score (nSPS) is 12.4. The van der Waals surface area contributed by atoms with Crippen LogP contribution in [-0.2, 0) is 6.54 Å². The fraction of sp³-hybridized carbons (Fsp3) is 0.286. The molecule has 0 aliphatic carbocycles. The smallest absolute Gasteiger partial charge is 0.147 e. The molecule has 1 aromatic carbocycles. The van der Waals surface area contributed by atoms with Crippen molar-refractivity contribution in [3.05, 3.63) is 49.0 Å². The van der Waals surface area contributed by atoms with Gasteiger partial charge in [-0.2, -0.15) is 0 Å². The molecule has 0 aliphatic rings. The molecular formula is C14H15Br2NOS. The molecule has 0 radical (unpaired) electrons. The van der Waals surface area contributed by atoms with Crippen molar-refractivity contribution in [1.29, 1.82) is 0 Å². The standard InChI is InChI=1S/C14H15Br2NOS/c1-9(13-4-3-5-19-13)17-8-10-6-11(15)14(18-2)12(16)7-10/h3-7,9,17H,8H2,1-2H3/t9-/m1/s1. The van der Waals surface area contributed by atoms with Gasteiger partial charge >= 0.3 is 0 Å². The number of ether oxygens (including phenoxy) is 1. The molecule has 1 N–H and O–H groups in total. The monoisotopic (exact) mass is 403 g/mol. The highest BCUT2D eigenvalue weighted by atomic mass is 79.9. The molecule has 1 heterocycles. The number of nitrogens with one attached hydrogen (secondary N) is 1. The van der Waals surface area contributed by atoms with Crippen LogP contribution >= 0.6 is 43.2 Å². The van der Waals surface area contributed by atoms with Gasteiger partial charge in [0.05, 0.1) is 16.1 Å². The first-order valence-corrected chi connectivity index (χ1v) is 8.37. The Hall–Kier alpha value is -0.360. The molecule has 0 bridgehead atoms. The Labute approximate surface area is 134 Å². The van der Waals surface area contributed by atoms with E-state index >= 15 is 0 Å². The van der Waals surface area contributed by atoms with Gasteiger partial charge in [0.2, 0.25) is 0 Å². The van der Waals surface area contributed by atoms with Crippen LogP contribution in [0.5, 0.6) is 5.75 Å². The second kappa shape index (κ2) is 6.88. The summed E-state index contributed by atoms with van der Waals surface area (Å²) in [6.45, 7) is 3.00. The lowest BCUT2D eigenvalue weighted by Crippen LogP contribution is -2.17. The Morgan fingerprint density at radius 2 is 2.00 bits per heavy atom. The Kier molecular flexibility index (Phi) is 5.45. The second-order valence-corrected chi connectivity index (χ2v) is 6.90. The summed E-state index contributed by atoms with van der Waals surface area (Å²) < 4.78 is 7.23. The molecule has 102 valence electrons. The van der Waals surface area contributed by atoms with Crippen LogP contribution in [0.15, 0.2) is 38.6 Å². The van der Waals surface area contributed by atoms with Crippen LogP contribution in [0.25, 0.3) is 0 Å². The zero-order valence-electron chi connectivity index (χ0n) is 10.7. The van der Waals surface area contributed by atoms with Crippen molar-refractivity contribution >= 4 is 43.2 Å². The van der Waals surface area contributed by atoms with E-state index < -0.39 is 0 Å². The average molecular weight is 405 g/mol. The van der Waals surface area contributed by atoms with Gasteiger partial charge in [0.15, 0.2) is 0 Å². The third kappa shape index (κ3) is 3.81. The number of benzene rings is 1. The van der Waals surface area contributed by atoms with Crippen LogP contribution in [0.2, 0.25) is 0 Å². The Bertz CT molecular complexity index is 519. The van der Waals surface area contributed by atoms with Gasteiger partial charge in [-0.3, -0.25) is 0 Å². The summed E-state index contributed by atoms with van der Waals surface area (Å²) >= 11 is 8.82. The summed E-state index contributed by atoms with van der Waals surface area (Å²) in [5, 5.41) is 5.63. The summed E-state index contributed by atoms with van der Waals surface area (Å²) in [5.41, 5.74) is 1.21. The predicted octanol–water partition coefficient (Wildman–Crippen LogP) is 5.13. The van der Waals surface area contributed by atoms with Gasteiger partial charge in [-0.25, -0.2) is 0 Å². The molecule has 2 nitrogen and oxygen atoms in total. The molecule has 0 aliphatic heterocycles. The summed E-state index contributed by atoms with van der Waals surface area (Å²) in [5.74, 6) is 0.829. The van der Waals surface area contributed by atoms with Gasteiger partial charge in [-0.15, -0.1) is 11.3 Å². The van der Waals surface area contributed by atoms with Crippen molar-refractivity contribution in [2.45, 2.75) is 19.5 Å². The van der Waals surface area contributed by atoms with Crippen LogP contribution in [0, 0.1) is 0 Å². The lowest BCUT2D eigenvalue weighted by Gasteiger charge is -2.14. The summed E-state index contributed by atoms with van der Waals surface area (Å²) in [6, 6.07) is 8.76. The van der Waals surface area contributed by atoms with Crippen LogP contribution in [0.1, 0.15) is 23.4 Å². The van der Waals surface area contributed by atoms with Gasteiger partial charge in [0.25, 0.3) is 0 Å². The van der Waals surface area contributed by atoms with E-state index in [0.717, 1.165) is 21.2 Å². The van der Waals surface area contributed by atoms with Crippen molar-refractivity contribution in [1.82, 2.24) is 5.32 Å². The number of hydrogen-bond donors (Lipinski definition) is 1. The van der Waals surface area contributed by atoms with E-state index in [2.05, 4.69) is 73.7 Å². The second-order valence-electron chi connectivity index (χ2n) is 4.21. The third-order valence-corrected chi connectivity index (χ3v) is 5.08. The first kappa shape index (κ1) is 15.0. The predicted molar refractivity (Wildman–Crippen MR) is 88.0 cm³/mol. The molecule has 0 amide bonds. The fourth-order valence-corrected chi connectivity index (χ4v) is 4.18. The molecule has 1 atom stereocenters. The van der Waals surface area contributed by atoms with Crippen molar-refractivity contribution in [2.75, 3.05) is 7.11 Å². The zero-order chi connectivity index (χ0) is 13.8. The molecule has 0 saturated carbocycles. The maximum atomic E-state index is 5.30. The molecule has 0 spiro atoms. The maximum Gasteiger partial charge on any atom is 0.147 e. The van der Waals surface area contributed by atoms with E-state index in [9.17, 15) is 0 Å². The van der Waals surface area contributed by atoms with Gasteiger partial charge in [-0.1, -0.05) is 6.07 Å². The Balaban J connectivity index is 2.04. The molecule has 0 fully saturated rings. The Morgan fingerprint density at radius 1 is 1.32 bits per heavy atom. The molecule has 1 aromatic heterocycles. The lowest BCUT2D eigenvalue weighted by molar-refractivity contribution is 0.409. The Morgan fingerprint density at radius 3 is 2.53 bits per heavy atom. The van der Waals surface area contributed by atoms with Crippen molar-refractivity contribution < 1.29 is 4.74 Å². The lowest BCUT2D eigenvalue weighted by atomic mass is 10.2. The zero-order valence-corrected chi connectivity index (χ0v) is 14.7. The molecule has 19 heavy (non-hydrogen) atoms. The molecule has 2 rings (SSSR count). The van der Waals surface area contributed by atoms with E-state index in [-0.39, 0.29) is 0 Å².